The van der Waals surface area contributed by atoms with E-state index in [0.29, 0.717) is 5.92 Å². The van der Waals surface area contributed by atoms with Crippen molar-refractivity contribution >= 4 is 0 Å². The number of hydrogen-bond donors (Lipinski definition) is 0. The molecule has 1 saturated carbocycles. The highest BCUT2D eigenvalue weighted by molar-refractivity contribution is 5.17. The standard InChI is InChI=1S/C16H23NO3/c1-12-9-14(12)15-4-3-13(20-15)10-17-6-2-5-16(11-17)18-7-8-19-16/h3-4,12,14H,2,5-11H2,1H3/t12-,14-/m1/s1. The van der Waals surface area contributed by atoms with Gasteiger partial charge in [0.05, 0.1) is 26.3 Å². The van der Waals surface area contributed by atoms with E-state index in [0.717, 1.165) is 57.4 Å². The van der Waals surface area contributed by atoms with Crippen LogP contribution in [0, 0.1) is 5.92 Å². The largest absolute Gasteiger partial charge is 0.464 e. The maximum absolute atomic E-state index is 6.01. The minimum atomic E-state index is -0.335. The van der Waals surface area contributed by atoms with E-state index >= 15 is 0 Å². The minimum absolute atomic E-state index is 0.335. The number of ether oxygens (including phenoxy) is 2. The van der Waals surface area contributed by atoms with Crippen molar-refractivity contribution in [1.29, 1.82) is 0 Å². The minimum Gasteiger partial charge on any atom is -0.464 e. The molecule has 2 aliphatic heterocycles. The first-order valence-electron chi connectivity index (χ1n) is 7.83. The zero-order valence-corrected chi connectivity index (χ0v) is 12.1. The normalized spacial score (nSPS) is 32.9. The van der Waals surface area contributed by atoms with E-state index in [2.05, 4.69) is 24.0 Å². The smallest absolute Gasteiger partial charge is 0.181 e. The number of nitrogens with zero attached hydrogens (tertiary/aromatic N) is 1. The van der Waals surface area contributed by atoms with Crippen LogP contribution >= 0.6 is 0 Å². The second-order valence-electron chi connectivity index (χ2n) is 6.55. The summed E-state index contributed by atoms with van der Waals surface area (Å²) in [6, 6.07) is 4.30. The Morgan fingerprint density at radius 3 is 2.85 bits per heavy atom. The Hall–Kier alpha value is -0.840. The van der Waals surface area contributed by atoms with E-state index in [1.807, 2.05) is 0 Å². The lowest BCUT2D eigenvalue weighted by Gasteiger charge is -2.38. The lowest BCUT2D eigenvalue weighted by Crippen LogP contribution is -2.48. The van der Waals surface area contributed by atoms with Crippen LogP contribution in [-0.2, 0) is 16.0 Å². The highest BCUT2D eigenvalue weighted by Gasteiger charge is 2.41. The summed E-state index contributed by atoms with van der Waals surface area (Å²) in [4.78, 5) is 2.40. The predicted molar refractivity (Wildman–Crippen MR) is 74.4 cm³/mol. The van der Waals surface area contributed by atoms with Crippen LogP contribution in [0.2, 0.25) is 0 Å². The van der Waals surface area contributed by atoms with Crippen molar-refractivity contribution in [3.05, 3.63) is 23.7 Å². The highest BCUT2D eigenvalue weighted by Crippen LogP contribution is 2.47. The van der Waals surface area contributed by atoms with Crippen molar-refractivity contribution in [3.8, 4) is 0 Å². The molecular weight excluding hydrogens is 254 g/mol. The van der Waals surface area contributed by atoms with Crippen LogP contribution in [0.25, 0.3) is 0 Å². The molecule has 3 fully saturated rings. The van der Waals surface area contributed by atoms with Gasteiger partial charge in [-0.25, -0.2) is 0 Å². The van der Waals surface area contributed by atoms with Gasteiger partial charge < -0.3 is 13.9 Å². The van der Waals surface area contributed by atoms with Crippen LogP contribution in [0.15, 0.2) is 16.5 Å². The third-order valence-electron chi connectivity index (χ3n) is 4.85. The summed E-state index contributed by atoms with van der Waals surface area (Å²) < 4.78 is 17.7. The first-order chi connectivity index (χ1) is 9.74. The highest BCUT2D eigenvalue weighted by atomic mass is 16.7. The molecule has 3 aliphatic rings. The molecule has 2 saturated heterocycles. The molecule has 0 N–H and O–H groups in total. The van der Waals surface area contributed by atoms with E-state index in [1.54, 1.807) is 0 Å². The quantitative estimate of drug-likeness (QED) is 0.851. The molecule has 4 heteroatoms. The second-order valence-corrected chi connectivity index (χ2v) is 6.55. The van der Waals surface area contributed by atoms with Crippen molar-refractivity contribution < 1.29 is 13.9 Å². The molecule has 1 spiro atoms. The lowest BCUT2D eigenvalue weighted by atomic mass is 10.0. The Morgan fingerprint density at radius 2 is 2.10 bits per heavy atom. The van der Waals surface area contributed by atoms with E-state index in [9.17, 15) is 0 Å². The molecule has 110 valence electrons. The summed E-state index contributed by atoms with van der Waals surface area (Å²) in [5.41, 5.74) is 0. The summed E-state index contributed by atoms with van der Waals surface area (Å²) in [5.74, 6) is 3.38. The van der Waals surface area contributed by atoms with Gasteiger partial charge in [0.15, 0.2) is 5.79 Å². The molecule has 0 bridgehead atoms. The fourth-order valence-electron chi connectivity index (χ4n) is 3.56. The number of rotatable bonds is 3. The molecule has 1 aromatic rings. The SMILES string of the molecule is C[C@@H]1C[C@H]1c1ccc(CN2CCCC3(C2)OCCO3)o1. The molecule has 2 atom stereocenters. The third-order valence-corrected chi connectivity index (χ3v) is 4.85. The Kier molecular flexibility index (Phi) is 3.13. The molecule has 0 aromatic carbocycles. The lowest BCUT2D eigenvalue weighted by molar-refractivity contribution is -0.190. The number of hydrogen-bond acceptors (Lipinski definition) is 4. The summed E-state index contributed by atoms with van der Waals surface area (Å²) in [7, 11) is 0. The zero-order valence-electron chi connectivity index (χ0n) is 12.1. The Morgan fingerprint density at radius 1 is 1.30 bits per heavy atom. The van der Waals surface area contributed by atoms with Gasteiger partial charge in [-0.1, -0.05) is 6.92 Å². The number of likely N-dealkylation sites (tertiary alicyclic amines) is 1. The number of furan rings is 1. The monoisotopic (exact) mass is 277 g/mol. The molecule has 1 aromatic heterocycles. The van der Waals surface area contributed by atoms with Crippen LogP contribution in [0.4, 0.5) is 0 Å². The molecule has 3 heterocycles. The van der Waals surface area contributed by atoms with Gasteiger partial charge >= 0.3 is 0 Å². The van der Waals surface area contributed by atoms with Crippen molar-refractivity contribution in [2.75, 3.05) is 26.3 Å². The van der Waals surface area contributed by atoms with E-state index in [1.165, 1.54) is 12.2 Å². The molecule has 4 rings (SSSR count). The Balaban J connectivity index is 1.39. The Bertz CT molecular complexity index is 478. The molecular formula is C16H23NO3. The summed E-state index contributed by atoms with van der Waals surface area (Å²) in [6.45, 7) is 6.59. The first kappa shape index (κ1) is 12.9. The maximum atomic E-state index is 6.01. The fraction of sp³-hybridized carbons (Fsp3) is 0.750. The van der Waals surface area contributed by atoms with Gasteiger partial charge in [0, 0.05) is 12.3 Å². The van der Waals surface area contributed by atoms with E-state index in [-0.39, 0.29) is 5.79 Å². The van der Waals surface area contributed by atoms with Gasteiger partial charge in [-0.2, -0.15) is 0 Å². The fourth-order valence-corrected chi connectivity index (χ4v) is 3.56. The molecule has 1 aliphatic carbocycles. The predicted octanol–water partition coefficient (Wildman–Crippen LogP) is 2.74. The topological polar surface area (TPSA) is 34.8 Å². The van der Waals surface area contributed by atoms with Gasteiger partial charge in [-0.15, -0.1) is 0 Å². The summed E-state index contributed by atoms with van der Waals surface area (Å²) >= 11 is 0. The molecule has 20 heavy (non-hydrogen) atoms. The van der Waals surface area contributed by atoms with Gasteiger partial charge in [-0.05, 0) is 37.4 Å². The molecule has 0 amide bonds. The first-order valence-corrected chi connectivity index (χ1v) is 7.83. The number of piperidine rings is 1. The second kappa shape index (κ2) is 4.86. The molecule has 0 unspecified atom stereocenters. The average molecular weight is 277 g/mol. The van der Waals surface area contributed by atoms with Crippen LogP contribution in [0.1, 0.15) is 43.6 Å². The molecule has 4 nitrogen and oxygen atoms in total. The zero-order chi connectivity index (χ0) is 13.6. The van der Waals surface area contributed by atoms with Crippen molar-refractivity contribution in [2.45, 2.75) is 44.4 Å². The van der Waals surface area contributed by atoms with Gasteiger partial charge in [0.25, 0.3) is 0 Å². The maximum Gasteiger partial charge on any atom is 0.181 e. The van der Waals surface area contributed by atoms with Crippen LogP contribution in [0.5, 0.6) is 0 Å². The Labute approximate surface area is 120 Å². The van der Waals surface area contributed by atoms with Gasteiger partial charge in [0.2, 0.25) is 0 Å². The van der Waals surface area contributed by atoms with Gasteiger partial charge in [0.1, 0.15) is 11.5 Å². The average Bonchev–Trinajstić information content (AvgIpc) is 2.85. The van der Waals surface area contributed by atoms with Crippen LogP contribution in [-0.4, -0.2) is 37.0 Å². The van der Waals surface area contributed by atoms with Crippen molar-refractivity contribution in [3.63, 3.8) is 0 Å². The van der Waals surface area contributed by atoms with Crippen molar-refractivity contribution in [1.82, 2.24) is 4.90 Å². The van der Waals surface area contributed by atoms with Gasteiger partial charge in [-0.3, -0.25) is 4.90 Å². The van der Waals surface area contributed by atoms with E-state index in [4.69, 9.17) is 13.9 Å². The van der Waals surface area contributed by atoms with Crippen LogP contribution in [0.3, 0.4) is 0 Å². The molecule has 0 radical (unpaired) electrons. The summed E-state index contributed by atoms with van der Waals surface area (Å²) in [6.07, 6.45) is 3.43. The third kappa shape index (κ3) is 2.41. The van der Waals surface area contributed by atoms with Crippen LogP contribution < -0.4 is 0 Å². The van der Waals surface area contributed by atoms with E-state index < -0.39 is 0 Å². The summed E-state index contributed by atoms with van der Waals surface area (Å²) in [5, 5.41) is 0. The van der Waals surface area contributed by atoms with Crippen molar-refractivity contribution in [2.24, 2.45) is 5.92 Å².